The number of amides is 1. The molecule has 41 heavy (non-hydrogen) atoms. The van der Waals surface area contributed by atoms with Crippen molar-refractivity contribution in [2.24, 2.45) is 0 Å². The van der Waals surface area contributed by atoms with Gasteiger partial charge in [0.15, 0.2) is 0 Å². The zero-order valence-corrected chi connectivity index (χ0v) is 24.7. The van der Waals surface area contributed by atoms with Crippen molar-refractivity contribution in [3.63, 3.8) is 0 Å². The first-order valence-electron chi connectivity index (χ1n) is 12.1. The van der Waals surface area contributed by atoms with Gasteiger partial charge in [0, 0.05) is 6.20 Å². The molecule has 3 aromatic carbocycles. The summed E-state index contributed by atoms with van der Waals surface area (Å²) in [6, 6.07) is 17.9. The summed E-state index contributed by atoms with van der Waals surface area (Å²) in [6.07, 6.45) is -2.95. The molecule has 0 aliphatic heterocycles. The molecule has 0 radical (unpaired) electrons. The molecule has 1 N–H and O–H groups in total. The van der Waals surface area contributed by atoms with Gasteiger partial charge >= 0.3 is 188 Å². The zero-order chi connectivity index (χ0) is 29.3. The van der Waals surface area contributed by atoms with Gasteiger partial charge in [0.05, 0.1) is 5.69 Å². The van der Waals surface area contributed by atoms with E-state index in [-0.39, 0.29) is 22.2 Å². The minimum Gasteiger partial charge on any atom is -0.259 e. The molecule has 5 rings (SSSR count). The number of hydrogen-bond donors (Lipinski definition) is 1. The van der Waals surface area contributed by atoms with E-state index in [4.69, 9.17) is 2.81 Å². The van der Waals surface area contributed by atoms with Gasteiger partial charge in [-0.05, 0) is 19.1 Å². The fourth-order valence-corrected chi connectivity index (χ4v) is 5.20. The average Bonchev–Trinajstić information content (AvgIpc) is 2.97. The summed E-state index contributed by atoms with van der Waals surface area (Å²) >= 11 is -2.66. The summed E-state index contributed by atoms with van der Waals surface area (Å²) in [6.45, 7) is 1.78. The van der Waals surface area contributed by atoms with E-state index in [0.29, 0.717) is 22.0 Å². The number of aromatic nitrogens is 2. The predicted molar refractivity (Wildman–Crippen MR) is 144 cm³/mol. The van der Waals surface area contributed by atoms with Gasteiger partial charge in [-0.3, -0.25) is 4.98 Å². The minimum atomic E-state index is -4.56. The fourth-order valence-electron chi connectivity index (χ4n) is 4.53. The van der Waals surface area contributed by atoms with Crippen LogP contribution in [0.15, 0.2) is 89.9 Å². The van der Waals surface area contributed by atoms with Gasteiger partial charge in [-0.2, -0.15) is 13.2 Å². The number of rotatable bonds is 6. The van der Waals surface area contributed by atoms with Crippen LogP contribution in [0.2, 0.25) is 0 Å². The number of hydrogen-bond acceptors (Lipinski definition) is 6. The van der Waals surface area contributed by atoms with Crippen molar-refractivity contribution in [1.82, 2.24) is 14.9 Å². The molecule has 2 heterocycles. The van der Waals surface area contributed by atoms with Crippen molar-refractivity contribution in [2.45, 2.75) is 19.1 Å². The third-order valence-corrected chi connectivity index (χ3v) is 7.47. The molecule has 12 heteroatoms. The van der Waals surface area contributed by atoms with Gasteiger partial charge in [0.1, 0.15) is 0 Å². The summed E-state index contributed by atoms with van der Waals surface area (Å²) in [5.41, 5.74) is -0.0874. The second kappa shape index (κ2) is 11.3. The van der Waals surface area contributed by atoms with Crippen LogP contribution in [-0.4, -0.2) is 45.1 Å². The maximum atomic E-state index is 13.7. The molecular formula is C29H19BiF3N3O5. The number of fused-ring (bicyclic) bond motifs is 3. The topological polar surface area (TPSA) is 107 Å². The number of nitrogens with zero attached hydrogens (tertiary/aromatic N) is 2. The van der Waals surface area contributed by atoms with Crippen LogP contribution in [0, 0.1) is 0 Å². The third kappa shape index (κ3) is 5.65. The Morgan fingerprint density at radius 3 is 2.29 bits per heavy atom. The Kier molecular flexibility index (Phi) is 7.77. The molecule has 1 amide bonds. The first-order chi connectivity index (χ1) is 19.6. The molecule has 8 nitrogen and oxygen atoms in total. The van der Waals surface area contributed by atoms with Crippen molar-refractivity contribution in [2.75, 3.05) is 0 Å². The van der Waals surface area contributed by atoms with E-state index in [1.54, 1.807) is 43.5 Å². The number of halogens is 3. The molecule has 0 saturated carbocycles. The predicted octanol–water partition coefficient (Wildman–Crippen LogP) is 5.17. The molecular weight excluding hydrogens is 736 g/mol. The van der Waals surface area contributed by atoms with Crippen LogP contribution in [0.3, 0.4) is 0 Å². The average molecular weight is 755 g/mol. The zero-order valence-electron chi connectivity index (χ0n) is 21.2. The van der Waals surface area contributed by atoms with E-state index >= 15 is 0 Å². The first-order valence-corrected chi connectivity index (χ1v) is 15.0. The van der Waals surface area contributed by atoms with Crippen LogP contribution >= 0.6 is 0 Å². The first kappa shape index (κ1) is 28.2. The molecule has 0 spiro atoms. The second-order valence-electron chi connectivity index (χ2n) is 9.08. The van der Waals surface area contributed by atoms with Gasteiger partial charge in [0.2, 0.25) is 0 Å². The summed E-state index contributed by atoms with van der Waals surface area (Å²) in [5.74, 6) is -1.26. The Morgan fingerprint density at radius 2 is 1.63 bits per heavy atom. The molecule has 0 aliphatic rings. The third-order valence-electron chi connectivity index (χ3n) is 6.53. The monoisotopic (exact) mass is 755 g/mol. The molecule has 2 aromatic heterocycles. The van der Waals surface area contributed by atoms with Gasteiger partial charge in [-0.25, -0.2) is 0 Å². The molecule has 5 aromatic rings. The molecule has 1 atom stereocenters. The van der Waals surface area contributed by atoms with E-state index < -0.39 is 58.9 Å². The van der Waals surface area contributed by atoms with Crippen LogP contribution in [0.4, 0.5) is 13.2 Å². The summed E-state index contributed by atoms with van der Waals surface area (Å²) < 4.78 is 56.5. The van der Waals surface area contributed by atoms with Crippen LogP contribution < -0.4 is 10.9 Å². The van der Waals surface area contributed by atoms with E-state index in [9.17, 15) is 30.4 Å². The number of alkyl halides is 3. The Hall–Kier alpha value is -4.31. The summed E-state index contributed by atoms with van der Waals surface area (Å²) in [4.78, 5) is 43.4. The van der Waals surface area contributed by atoms with E-state index in [0.717, 1.165) is 12.1 Å². The quantitative estimate of drug-likeness (QED) is 0.190. The van der Waals surface area contributed by atoms with Crippen LogP contribution in [-0.2, 0) is 11.8 Å². The summed E-state index contributed by atoms with van der Waals surface area (Å²) in [5, 5.41) is 3.78. The van der Waals surface area contributed by atoms with Gasteiger partial charge in [0.25, 0.3) is 0 Å². The Labute approximate surface area is 242 Å². The van der Waals surface area contributed by atoms with Crippen molar-refractivity contribution in [3.8, 4) is 5.69 Å². The van der Waals surface area contributed by atoms with Crippen LogP contribution in [0.25, 0.3) is 27.4 Å². The number of nitrogens with one attached hydrogen (secondary N) is 1. The van der Waals surface area contributed by atoms with Gasteiger partial charge in [-0.15, -0.1) is 0 Å². The molecule has 0 fully saturated rings. The smallest absolute Gasteiger partial charge is 0.0624 e. The molecule has 0 unspecified atom stereocenters. The number of carbonyl (C=O) groups excluding carboxylic acids is 2. The molecule has 0 aliphatic carbocycles. The van der Waals surface area contributed by atoms with Gasteiger partial charge in [-0.1, -0.05) is 6.07 Å². The Balaban J connectivity index is 1.69. The van der Waals surface area contributed by atoms with Crippen molar-refractivity contribution in [1.29, 1.82) is 0 Å². The van der Waals surface area contributed by atoms with Gasteiger partial charge < -0.3 is 0 Å². The maximum Gasteiger partial charge on any atom is 0.0624 e. The largest absolute Gasteiger partial charge is 0.259 e. The second-order valence-corrected chi connectivity index (χ2v) is 10.4. The molecule has 0 bridgehead atoms. The molecule has 0 saturated heterocycles. The Bertz CT molecular complexity index is 1870. The van der Waals surface area contributed by atoms with Crippen molar-refractivity contribution in [3.05, 3.63) is 118 Å². The minimum absolute atomic E-state index is 0.00870. The van der Waals surface area contributed by atoms with E-state index in [1.165, 1.54) is 41.0 Å². The standard InChI is InChI=1S/C29H20F3N3O4.Bi.O/c1-16(24-4-2-3-13-33-24)34-26(36)17-6-12-25-22(14-17)21-11-5-18(28(38)39)15-23(21)27(37)35(25)20-9-7-19(8-10-20)29(30,31)32;;/h2-16H,1H3,(H,34,36)(H,38,39);;/q;+1;/p-1/t16-;;/m0../s1. The fraction of sp³-hybridized carbons (Fsp3) is 0.103. The summed E-state index contributed by atoms with van der Waals surface area (Å²) in [7, 11) is 0. The van der Waals surface area contributed by atoms with E-state index in [2.05, 4.69) is 10.3 Å². The van der Waals surface area contributed by atoms with Crippen LogP contribution in [0.5, 0.6) is 0 Å². The maximum absolute atomic E-state index is 13.7. The SMILES string of the molecule is C[C@H](NC(=O)c1ccc2c(c1)c1ccc(C(=O)[O][Bi]=[O])cc1c(=O)n2-c1ccc(C(F)(F)F)cc1)c1ccccn1. The number of benzene rings is 3. The van der Waals surface area contributed by atoms with Crippen molar-refractivity contribution >= 4 is 57.2 Å². The molecule has 206 valence electrons. The van der Waals surface area contributed by atoms with Crippen LogP contribution in [0.1, 0.15) is 44.9 Å². The number of carbonyl (C=O) groups is 2. The van der Waals surface area contributed by atoms with E-state index in [1.807, 2.05) is 0 Å². The Morgan fingerprint density at radius 1 is 0.927 bits per heavy atom. The normalized spacial score (nSPS) is 12.2. The van der Waals surface area contributed by atoms with Crippen molar-refractivity contribution < 1.29 is 28.4 Å². The number of pyridine rings is 2.